The fourth-order valence-electron chi connectivity index (χ4n) is 1.64. The molecule has 92 valence electrons. The fraction of sp³-hybridized carbons (Fsp3) is 0.0769. The fourth-order valence-corrected chi connectivity index (χ4v) is 1.82. The van der Waals surface area contributed by atoms with Crippen LogP contribution >= 0.6 is 11.6 Å². The van der Waals surface area contributed by atoms with Gasteiger partial charge in [0.15, 0.2) is 5.69 Å². The molecule has 0 spiro atoms. The summed E-state index contributed by atoms with van der Waals surface area (Å²) >= 11 is 5.81. The van der Waals surface area contributed by atoms with E-state index in [9.17, 15) is 4.79 Å². The quantitative estimate of drug-likeness (QED) is 0.872. The predicted octanol–water partition coefficient (Wildman–Crippen LogP) is 2.99. The summed E-state index contributed by atoms with van der Waals surface area (Å²) in [5.41, 5.74) is 8.04. The average Bonchev–Trinajstić information content (AvgIpc) is 2.32. The Morgan fingerprint density at radius 1 is 1.39 bits per heavy atom. The van der Waals surface area contributed by atoms with Gasteiger partial charge in [0.2, 0.25) is 0 Å². The zero-order valence-corrected chi connectivity index (χ0v) is 10.4. The highest BCUT2D eigenvalue weighted by Crippen LogP contribution is 2.28. The molecule has 0 unspecified atom stereocenters. The van der Waals surface area contributed by atoms with Crippen molar-refractivity contribution in [3.63, 3.8) is 0 Å². The van der Waals surface area contributed by atoms with Crippen LogP contribution in [0.1, 0.15) is 16.1 Å². The van der Waals surface area contributed by atoms with E-state index in [1.807, 2.05) is 31.2 Å². The number of rotatable bonds is 2. The van der Waals surface area contributed by atoms with Gasteiger partial charge in [-0.05, 0) is 19.1 Å². The minimum Gasteiger partial charge on any atom is -0.476 e. The van der Waals surface area contributed by atoms with Crippen molar-refractivity contribution < 1.29 is 9.90 Å². The number of carbonyl (C=O) groups is 1. The number of nitrogen functional groups attached to an aromatic ring is 1. The number of anilines is 1. The van der Waals surface area contributed by atoms with Crippen LogP contribution in [0.2, 0.25) is 5.02 Å². The molecule has 0 saturated carbocycles. The van der Waals surface area contributed by atoms with Crippen LogP contribution in [0.15, 0.2) is 30.3 Å². The Morgan fingerprint density at radius 3 is 2.72 bits per heavy atom. The lowest BCUT2D eigenvalue weighted by Crippen LogP contribution is -2.05. The van der Waals surface area contributed by atoms with E-state index in [-0.39, 0.29) is 16.4 Å². The maximum Gasteiger partial charge on any atom is 0.356 e. The molecular weight excluding hydrogens is 252 g/mol. The van der Waals surface area contributed by atoms with Gasteiger partial charge < -0.3 is 10.8 Å². The average molecular weight is 263 g/mol. The maximum atomic E-state index is 11.0. The monoisotopic (exact) mass is 262 g/mol. The Hall–Kier alpha value is -2.07. The van der Waals surface area contributed by atoms with Crippen LogP contribution in [0, 0.1) is 6.92 Å². The number of pyridine rings is 1. The second-order valence-corrected chi connectivity index (χ2v) is 4.31. The van der Waals surface area contributed by atoms with Crippen molar-refractivity contribution in [1.29, 1.82) is 0 Å². The molecule has 2 aromatic rings. The highest BCUT2D eigenvalue weighted by molar-refractivity contribution is 6.35. The molecule has 0 saturated heterocycles. The molecule has 0 amide bonds. The zero-order chi connectivity index (χ0) is 13.3. The summed E-state index contributed by atoms with van der Waals surface area (Å²) in [6, 6.07) is 9.14. The van der Waals surface area contributed by atoms with Gasteiger partial charge in [0.05, 0.1) is 16.4 Å². The second-order valence-electron chi connectivity index (χ2n) is 3.93. The van der Waals surface area contributed by atoms with Gasteiger partial charge >= 0.3 is 5.97 Å². The normalized spacial score (nSPS) is 10.3. The number of benzene rings is 1. The standard InChI is InChI=1S/C13H11ClN2O2/c1-7-3-2-4-8(5-7)10-6-9(15)11(14)12(16-10)13(17)18/h2-6H,1H3,(H2,15,16)(H,17,18). The van der Waals surface area contributed by atoms with Crippen LogP contribution in [0.25, 0.3) is 11.3 Å². The van der Waals surface area contributed by atoms with Gasteiger partial charge in [-0.1, -0.05) is 35.4 Å². The van der Waals surface area contributed by atoms with E-state index in [1.165, 1.54) is 0 Å². The summed E-state index contributed by atoms with van der Waals surface area (Å²) in [7, 11) is 0. The van der Waals surface area contributed by atoms with Crippen molar-refractivity contribution in [2.24, 2.45) is 0 Å². The summed E-state index contributed by atoms with van der Waals surface area (Å²) in [6.45, 7) is 1.95. The third-order valence-corrected chi connectivity index (χ3v) is 2.90. The van der Waals surface area contributed by atoms with Crippen molar-refractivity contribution >= 4 is 23.3 Å². The lowest BCUT2D eigenvalue weighted by atomic mass is 10.1. The Labute approximate surface area is 109 Å². The van der Waals surface area contributed by atoms with E-state index in [0.717, 1.165) is 11.1 Å². The zero-order valence-electron chi connectivity index (χ0n) is 9.64. The number of hydrogen-bond donors (Lipinski definition) is 2. The lowest BCUT2D eigenvalue weighted by molar-refractivity contribution is 0.0691. The van der Waals surface area contributed by atoms with Gasteiger partial charge in [-0.2, -0.15) is 0 Å². The number of halogens is 1. The number of hydrogen-bond acceptors (Lipinski definition) is 3. The molecule has 0 bridgehead atoms. The summed E-state index contributed by atoms with van der Waals surface area (Å²) in [5, 5.41) is 8.98. The number of nitrogens with two attached hydrogens (primary N) is 1. The number of aryl methyl sites for hydroxylation is 1. The van der Waals surface area contributed by atoms with Gasteiger partial charge in [-0.15, -0.1) is 0 Å². The first kappa shape index (κ1) is 12.4. The van der Waals surface area contributed by atoms with Crippen LogP contribution in [0.3, 0.4) is 0 Å². The molecule has 2 rings (SSSR count). The molecule has 18 heavy (non-hydrogen) atoms. The van der Waals surface area contributed by atoms with Crippen LogP contribution in [0.5, 0.6) is 0 Å². The molecule has 0 aliphatic heterocycles. The summed E-state index contributed by atoms with van der Waals surface area (Å²) in [5.74, 6) is -1.19. The maximum absolute atomic E-state index is 11.0. The third-order valence-electron chi connectivity index (χ3n) is 2.50. The van der Waals surface area contributed by atoms with Crippen LogP contribution in [0.4, 0.5) is 5.69 Å². The van der Waals surface area contributed by atoms with E-state index in [0.29, 0.717) is 5.69 Å². The number of nitrogens with zero attached hydrogens (tertiary/aromatic N) is 1. The molecule has 0 radical (unpaired) electrons. The van der Waals surface area contributed by atoms with Gasteiger partial charge in [0, 0.05) is 5.56 Å². The molecule has 0 aliphatic rings. The van der Waals surface area contributed by atoms with E-state index < -0.39 is 5.97 Å². The Balaban J connectivity index is 2.63. The Kier molecular flexibility index (Phi) is 3.21. The first-order chi connectivity index (χ1) is 8.49. The first-order valence-corrected chi connectivity index (χ1v) is 5.63. The van der Waals surface area contributed by atoms with Crippen molar-refractivity contribution in [3.8, 4) is 11.3 Å². The van der Waals surface area contributed by atoms with E-state index in [2.05, 4.69) is 4.98 Å². The van der Waals surface area contributed by atoms with Gasteiger partial charge in [0.25, 0.3) is 0 Å². The number of aromatic nitrogens is 1. The van der Waals surface area contributed by atoms with Crippen LogP contribution in [-0.4, -0.2) is 16.1 Å². The Morgan fingerprint density at radius 2 is 2.11 bits per heavy atom. The molecule has 1 aromatic carbocycles. The molecule has 5 heteroatoms. The van der Waals surface area contributed by atoms with Crippen molar-refractivity contribution in [3.05, 3.63) is 46.6 Å². The molecule has 4 nitrogen and oxygen atoms in total. The topological polar surface area (TPSA) is 76.2 Å². The number of aromatic carboxylic acids is 1. The third kappa shape index (κ3) is 2.28. The minimum atomic E-state index is -1.19. The second kappa shape index (κ2) is 4.66. The van der Waals surface area contributed by atoms with Crippen molar-refractivity contribution in [2.75, 3.05) is 5.73 Å². The SMILES string of the molecule is Cc1cccc(-c2cc(N)c(Cl)c(C(=O)O)n2)c1. The minimum absolute atomic E-state index is 0.0288. The highest BCUT2D eigenvalue weighted by Gasteiger charge is 2.15. The van der Waals surface area contributed by atoms with Crippen molar-refractivity contribution in [2.45, 2.75) is 6.92 Å². The highest BCUT2D eigenvalue weighted by atomic mass is 35.5. The smallest absolute Gasteiger partial charge is 0.356 e. The van der Waals surface area contributed by atoms with E-state index in [4.69, 9.17) is 22.4 Å². The van der Waals surface area contributed by atoms with Gasteiger partial charge in [-0.25, -0.2) is 9.78 Å². The first-order valence-electron chi connectivity index (χ1n) is 5.25. The lowest BCUT2D eigenvalue weighted by Gasteiger charge is -2.07. The van der Waals surface area contributed by atoms with E-state index >= 15 is 0 Å². The van der Waals surface area contributed by atoms with Crippen LogP contribution in [-0.2, 0) is 0 Å². The molecule has 1 heterocycles. The number of carboxylic acids is 1. The molecular formula is C13H11ClN2O2. The predicted molar refractivity (Wildman–Crippen MR) is 70.8 cm³/mol. The number of carboxylic acid groups (broad SMARTS) is 1. The van der Waals surface area contributed by atoms with Gasteiger partial charge in [-0.3, -0.25) is 0 Å². The molecule has 3 N–H and O–H groups in total. The van der Waals surface area contributed by atoms with Crippen molar-refractivity contribution in [1.82, 2.24) is 4.98 Å². The largest absolute Gasteiger partial charge is 0.476 e. The molecule has 0 aliphatic carbocycles. The summed E-state index contributed by atoms with van der Waals surface area (Å²) in [6.07, 6.45) is 0. The van der Waals surface area contributed by atoms with E-state index in [1.54, 1.807) is 6.07 Å². The summed E-state index contributed by atoms with van der Waals surface area (Å²) < 4.78 is 0. The summed E-state index contributed by atoms with van der Waals surface area (Å²) in [4.78, 5) is 15.1. The van der Waals surface area contributed by atoms with Crippen LogP contribution < -0.4 is 5.73 Å². The molecule has 1 aromatic heterocycles. The molecule has 0 fully saturated rings. The molecule has 0 atom stereocenters. The van der Waals surface area contributed by atoms with Gasteiger partial charge in [0.1, 0.15) is 0 Å². The Bertz CT molecular complexity index is 626.